The maximum atomic E-state index is 5.77. The first kappa shape index (κ1) is 15.3. The van der Waals surface area contributed by atoms with Crippen molar-refractivity contribution in [1.29, 1.82) is 0 Å². The summed E-state index contributed by atoms with van der Waals surface area (Å²) in [6, 6.07) is 2.74. The zero-order chi connectivity index (χ0) is 16.8. The van der Waals surface area contributed by atoms with E-state index in [2.05, 4.69) is 43.3 Å². The van der Waals surface area contributed by atoms with Crippen LogP contribution in [0.4, 0.5) is 5.82 Å². The first-order chi connectivity index (χ1) is 12.3. The van der Waals surface area contributed by atoms with Gasteiger partial charge in [-0.05, 0) is 57.2 Å². The minimum atomic E-state index is 0.495. The second-order valence-corrected chi connectivity index (χ2v) is 7.66. The van der Waals surface area contributed by atoms with Gasteiger partial charge in [-0.1, -0.05) is 0 Å². The van der Waals surface area contributed by atoms with Gasteiger partial charge in [0.25, 0.3) is 0 Å². The molecule has 1 saturated carbocycles. The lowest BCUT2D eigenvalue weighted by Crippen LogP contribution is -2.58. The molecule has 0 atom stereocenters. The molecule has 7 nitrogen and oxygen atoms in total. The van der Waals surface area contributed by atoms with E-state index < -0.39 is 0 Å². The van der Waals surface area contributed by atoms with Crippen LogP contribution < -0.4 is 4.90 Å². The Morgan fingerprint density at radius 1 is 1.12 bits per heavy atom. The Balaban J connectivity index is 1.18. The van der Waals surface area contributed by atoms with Gasteiger partial charge in [-0.3, -0.25) is 4.90 Å². The minimum absolute atomic E-state index is 0.495. The second-order valence-electron chi connectivity index (χ2n) is 7.66. The van der Waals surface area contributed by atoms with Gasteiger partial charge >= 0.3 is 0 Å². The highest BCUT2D eigenvalue weighted by Gasteiger charge is 2.33. The van der Waals surface area contributed by atoms with Gasteiger partial charge in [-0.25, -0.2) is 0 Å². The monoisotopic (exact) mass is 340 g/mol. The summed E-state index contributed by atoms with van der Waals surface area (Å²) in [5, 5.41) is 17.2. The lowest BCUT2D eigenvalue weighted by Gasteiger charge is -2.44. The van der Waals surface area contributed by atoms with Crippen LogP contribution in [0.3, 0.4) is 0 Å². The predicted molar refractivity (Wildman–Crippen MR) is 92.4 cm³/mol. The number of fused-ring (bicyclic) bond motifs is 1. The molecule has 0 N–H and O–H groups in total. The SMILES string of the molecule is CN(Cc1nnc(C2CC2)o1)C1CN(c2cc3c(nn2)CCCC3)C1. The lowest BCUT2D eigenvalue weighted by molar-refractivity contribution is 0.179. The molecule has 0 spiro atoms. The van der Waals surface area contributed by atoms with Crippen LogP contribution >= 0.6 is 0 Å². The van der Waals surface area contributed by atoms with Crippen LogP contribution in [0.2, 0.25) is 0 Å². The zero-order valence-corrected chi connectivity index (χ0v) is 14.7. The molecule has 0 bridgehead atoms. The minimum Gasteiger partial charge on any atom is -0.424 e. The van der Waals surface area contributed by atoms with Crippen molar-refractivity contribution in [3.05, 3.63) is 29.1 Å². The average Bonchev–Trinajstić information content (AvgIpc) is 3.33. The maximum absolute atomic E-state index is 5.77. The smallest absolute Gasteiger partial charge is 0.230 e. The summed E-state index contributed by atoms with van der Waals surface area (Å²) in [5.74, 6) is 3.10. The van der Waals surface area contributed by atoms with Gasteiger partial charge in [-0.15, -0.1) is 15.3 Å². The molecule has 5 rings (SSSR count). The number of nitrogens with zero attached hydrogens (tertiary/aromatic N) is 6. The fourth-order valence-electron chi connectivity index (χ4n) is 3.72. The zero-order valence-electron chi connectivity index (χ0n) is 14.7. The third-order valence-electron chi connectivity index (χ3n) is 5.66. The summed E-state index contributed by atoms with van der Waals surface area (Å²) in [7, 11) is 2.13. The van der Waals surface area contributed by atoms with E-state index in [-0.39, 0.29) is 0 Å². The number of anilines is 1. The van der Waals surface area contributed by atoms with Crippen LogP contribution in [-0.2, 0) is 19.4 Å². The van der Waals surface area contributed by atoms with Crippen LogP contribution in [0.1, 0.15) is 54.6 Å². The van der Waals surface area contributed by atoms with Gasteiger partial charge in [0.1, 0.15) is 0 Å². The number of rotatable bonds is 5. The van der Waals surface area contributed by atoms with Crippen LogP contribution in [0, 0.1) is 0 Å². The predicted octanol–water partition coefficient (Wildman–Crippen LogP) is 1.94. The van der Waals surface area contributed by atoms with Gasteiger partial charge in [0, 0.05) is 25.0 Å². The molecule has 0 amide bonds. The molecule has 1 aliphatic heterocycles. The van der Waals surface area contributed by atoms with E-state index in [4.69, 9.17) is 4.42 Å². The van der Waals surface area contributed by atoms with Crippen molar-refractivity contribution >= 4 is 5.82 Å². The Morgan fingerprint density at radius 2 is 1.96 bits per heavy atom. The molecular weight excluding hydrogens is 316 g/mol. The molecular formula is C18H24N6O. The summed E-state index contributed by atoms with van der Waals surface area (Å²) in [5.41, 5.74) is 2.60. The Morgan fingerprint density at radius 3 is 2.80 bits per heavy atom. The normalized spacial score (nSPS) is 20.6. The highest BCUT2D eigenvalue weighted by atomic mass is 16.4. The van der Waals surface area contributed by atoms with Crippen LogP contribution in [0.25, 0.3) is 0 Å². The molecule has 2 aromatic heterocycles. The highest BCUT2D eigenvalue weighted by Crippen LogP contribution is 2.39. The van der Waals surface area contributed by atoms with E-state index in [1.165, 1.54) is 36.9 Å². The Kier molecular flexibility index (Phi) is 3.69. The van der Waals surface area contributed by atoms with Crippen molar-refractivity contribution < 1.29 is 4.42 Å². The van der Waals surface area contributed by atoms with Crippen molar-refractivity contribution in [2.45, 2.75) is 57.0 Å². The van der Waals surface area contributed by atoms with Gasteiger partial charge in [0.05, 0.1) is 12.2 Å². The van der Waals surface area contributed by atoms with Crippen LogP contribution in [0.15, 0.2) is 10.5 Å². The molecule has 2 aromatic rings. The first-order valence-corrected chi connectivity index (χ1v) is 9.39. The lowest BCUT2D eigenvalue weighted by atomic mass is 9.96. The first-order valence-electron chi connectivity index (χ1n) is 9.39. The topological polar surface area (TPSA) is 71.2 Å². The molecule has 1 saturated heterocycles. The number of likely N-dealkylation sites (N-methyl/N-ethyl adjacent to an activating group) is 1. The quantitative estimate of drug-likeness (QED) is 0.823. The summed E-state index contributed by atoms with van der Waals surface area (Å²) in [6.07, 6.45) is 7.14. The van der Waals surface area contributed by atoms with E-state index >= 15 is 0 Å². The molecule has 2 fully saturated rings. The van der Waals surface area contributed by atoms with Gasteiger partial charge < -0.3 is 9.32 Å². The average molecular weight is 340 g/mol. The molecule has 25 heavy (non-hydrogen) atoms. The fraction of sp³-hybridized carbons (Fsp3) is 0.667. The fourth-order valence-corrected chi connectivity index (χ4v) is 3.72. The summed E-state index contributed by atoms with van der Waals surface area (Å²) in [4.78, 5) is 4.61. The van der Waals surface area contributed by atoms with Crippen molar-refractivity contribution in [2.24, 2.45) is 0 Å². The summed E-state index contributed by atoms with van der Waals surface area (Å²) in [6.45, 7) is 2.68. The van der Waals surface area contributed by atoms with E-state index in [1.54, 1.807) is 0 Å². The van der Waals surface area contributed by atoms with Gasteiger partial charge in [0.2, 0.25) is 11.8 Å². The number of aromatic nitrogens is 4. The van der Waals surface area contributed by atoms with E-state index in [0.717, 1.165) is 43.5 Å². The molecule has 3 aliphatic rings. The summed E-state index contributed by atoms with van der Waals surface area (Å²) < 4.78 is 5.77. The third kappa shape index (κ3) is 3.01. The molecule has 3 heterocycles. The molecule has 0 radical (unpaired) electrons. The van der Waals surface area contributed by atoms with Gasteiger partial charge in [0.15, 0.2) is 5.82 Å². The van der Waals surface area contributed by atoms with Crippen molar-refractivity contribution in [3.63, 3.8) is 0 Å². The van der Waals surface area contributed by atoms with E-state index in [0.29, 0.717) is 18.5 Å². The Labute approximate surface area is 147 Å². The third-order valence-corrected chi connectivity index (χ3v) is 5.66. The Hall–Kier alpha value is -2.02. The van der Waals surface area contributed by atoms with E-state index in [9.17, 15) is 0 Å². The van der Waals surface area contributed by atoms with Crippen LogP contribution in [0.5, 0.6) is 0 Å². The number of aryl methyl sites for hydroxylation is 2. The highest BCUT2D eigenvalue weighted by molar-refractivity contribution is 5.45. The maximum Gasteiger partial charge on any atom is 0.230 e. The van der Waals surface area contributed by atoms with Crippen molar-refractivity contribution in [2.75, 3.05) is 25.0 Å². The number of hydrogen-bond acceptors (Lipinski definition) is 7. The largest absolute Gasteiger partial charge is 0.424 e. The molecule has 7 heteroatoms. The standard InChI is InChI=1S/C18H24N6O/c1-23(11-17-21-22-18(25-17)12-6-7-12)14-9-24(10-14)16-8-13-4-2-3-5-15(13)19-20-16/h8,12,14H,2-7,9-11H2,1H3. The molecule has 132 valence electrons. The van der Waals surface area contributed by atoms with Crippen molar-refractivity contribution in [1.82, 2.24) is 25.3 Å². The number of hydrogen-bond donors (Lipinski definition) is 0. The van der Waals surface area contributed by atoms with Crippen molar-refractivity contribution in [3.8, 4) is 0 Å². The van der Waals surface area contributed by atoms with E-state index in [1.807, 2.05) is 0 Å². The summed E-state index contributed by atoms with van der Waals surface area (Å²) >= 11 is 0. The Bertz CT molecular complexity index is 765. The van der Waals surface area contributed by atoms with Crippen LogP contribution in [-0.4, -0.2) is 51.5 Å². The van der Waals surface area contributed by atoms with Gasteiger partial charge in [-0.2, -0.15) is 5.10 Å². The molecule has 2 aliphatic carbocycles. The molecule has 0 unspecified atom stereocenters. The molecule has 0 aromatic carbocycles. The second kappa shape index (κ2) is 6.05.